The Morgan fingerprint density at radius 3 is 2.43 bits per heavy atom. The highest BCUT2D eigenvalue weighted by atomic mass is 15.0. The van der Waals surface area contributed by atoms with Crippen molar-refractivity contribution in [3.8, 4) is 0 Å². The molecule has 0 radical (unpaired) electrons. The van der Waals surface area contributed by atoms with Gasteiger partial charge in [0, 0.05) is 21.7 Å². The third kappa shape index (κ3) is 1.44. The molecule has 0 N–H and O–H groups in total. The third-order valence-electron chi connectivity index (χ3n) is 4.12. The molecule has 0 amide bonds. The highest BCUT2D eigenvalue weighted by Crippen LogP contribution is 2.26. The molecule has 0 aliphatic heterocycles. The standard InChI is InChI=1S/C19H12N2/c1-3-7-17-13(5-1)11-15-9-10-16-12-14-6-2-4-8-18(14)21(16)19(15)20-17/h1-12H. The first-order valence-corrected chi connectivity index (χ1v) is 7.09. The van der Waals surface area contributed by atoms with Crippen LogP contribution in [0.1, 0.15) is 0 Å². The first kappa shape index (κ1) is 10.9. The number of para-hydroxylation sites is 2. The summed E-state index contributed by atoms with van der Waals surface area (Å²) in [5, 5.41) is 3.60. The van der Waals surface area contributed by atoms with Crippen LogP contribution in [0.25, 0.3) is 38.4 Å². The van der Waals surface area contributed by atoms with Gasteiger partial charge in [-0.25, -0.2) is 4.98 Å². The molecule has 0 aliphatic rings. The van der Waals surface area contributed by atoms with Crippen LogP contribution in [0.15, 0.2) is 72.8 Å². The Morgan fingerprint density at radius 2 is 1.48 bits per heavy atom. The average molecular weight is 268 g/mol. The van der Waals surface area contributed by atoms with Gasteiger partial charge >= 0.3 is 0 Å². The van der Waals surface area contributed by atoms with Crippen LogP contribution in [0, 0.1) is 0 Å². The van der Waals surface area contributed by atoms with E-state index in [0.29, 0.717) is 0 Å². The summed E-state index contributed by atoms with van der Waals surface area (Å²) in [5.41, 5.74) is 4.45. The van der Waals surface area contributed by atoms with E-state index in [1.54, 1.807) is 0 Å². The summed E-state index contributed by atoms with van der Waals surface area (Å²) in [4.78, 5) is 4.89. The van der Waals surface area contributed by atoms with Crippen molar-refractivity contribution in [1.82, 2.24) is 9.38 Å². The smallest absolute Gasteiger partial charge is 0.145 e. The summed E-state index contributed by atoms with van der Waals surface area (Å²) in [7, 11) is 0. The lowest BCUT2D eigenvalue weighted by Crippen LogP contribution is -1.91. The highest BCUT2D eigenvalue weighted by molar-refractivity contribution is 5.97. The van der Waals surface area contributed by atoms with Crippen LogP contribution in [0.4, 0.5) is 0 Å². The van der Waals surface area contributed by atoms with Crippen LogP contribution in [0.3, 0.4) is 0 Å². The summed E-state index contributed by atoms with van der Waals surface area (Å²) in [6, 6.07) is 25.5. The molecule has 3 aromatic heterocycles. The predicted molar refractivity (Wildman–Crippen MR) is 87.7 cm³/mol. The van der Waals surface area contributed by atoms with Crippen molar-refractivity contribution in [3.05, 3.63) is 72.8 Å². The monoisotopic (exact) mass is 268 g/mol. The quantitative estimate of drug-likeness (QED) is 0.369. The van der Waals surface area contributed by atoms with Gasteiger partial charge in [-0.3, -0.25) is 4.40 Å². The van der Waals surface area contributed by atoms with Gasteiger partial charge in [0.2, 0.25) is 0 Å². The van der Waals surface area contributed by atoms with E-state index in [4.69, 9.17) is 4.98 Å². The zero-order chi connectivity index (χ0) is 13.8. The van der Waals surface area contributed by atoms with E-state index in [1.165, 1.54) is 27.2 Å². The van der Waals surface area contributed by atoms with Crippen molar-refractivity contribution >= 4 is 38.4 Å². The molecular weight excluding hydrogens is 256 g/mol. The van der Waals surface area contributed by atoms with Crippen LogP contribution >= 0.6 is 0 Å². The van der Waals surface area contributed by atoms with Gasteiger partial charge < -0.3 is 0 Å². The van der Waals surface area contributed by atoms with Gasteiger partial charge in [-0.2, -0.15) is 0 Å². The fourth-order valence-electron chi connectivity index (χ4n) is 3.13. The Balaban J connectivity index is 2.09. The molecule has 3 heterocycles. The van der Waals surface area contributed by atoms with Crippen LogP contribution in [0.2, 0.25) is 0 Å². The van der Waals surface area contributed by atoms with Gasteiger partial charge in [0.15, 0.2) is 0 Å². The SMILES string of the molecule is c1ccc2nc3c(ccc4cc5ccccc5n43)cc2c1. The molecule has 0 spiro atoms. The molecule has 0 saturated carbocycles. The number of hydrogen-bond acceptors (Lipinski definition) is 1. The van der Waals surface area contributed by atoms with Gasteiger partial charge in [0.05, 0.1) is 11.0 Å². The summed E-state index contributed by atoms with van der Waals surface area (Å²) in [6.07, 6.45) is 0. The zero-order valence-corrected chi connectivity index (χ0v) is 11.3. The second-order valence-corrected chi connectivity index (χ2v) is 5.39. The summed E-state index contributed by atoms with van der Waals surface area (Å²) in [6.45, 7) is 0. The molecule has 0 bridgehead atoms. The maximum Gasteiger partial charge on any atom is 0.145 e. The highest BCUT2D eigenvalue weighted by Gasteiger charge is 2.07. The van der Waals surface area contributed by atoms with E-state index in [9.17, 15) is 0 Å². The average Bonchev–Trinajstić information content (AvgIpc) is 2.92. The van der Waals surface area contributed by atoms with Crippen molar-refractivity contribution < 1.29 is 0 Å². The molecule has 2 nitrogen and oxygen atoms in total. The lowest BCUT2D eigenvalue weighted by Gasteiger charge is -2.05. The summed E-state index contributed by atoms with van der Waals surface area (Å²) >= 11 is 0. The zero-order valence-electron chi connectivity index (χ0n) is 11.3. The molecule has 5 rings (SSSR count). The van der Waals surface area contributed by atoms with Crippen molar-refractivity contribution in [2.45, 2.75) is 0 Å². The minimum Gasteiger partial charge on any atom is -0.294 e. The maximum atomic E-state index is 4.89. The molecule has 0 aliphatic carbocycles. The van der Waals surface area contributed by atoms with Gasteiger partial charge in [-0.1, -0.05) is 36.4 Å². The van der Waals surface area contributed by atoms with Crippen LogP contribution in [0.5, 0.6) is 0 Å². The molecule has 2 heteroatoms. The topological polar surface area (TPSA) is 17.3 Å². The van der Waals surface area contributed by atoms with Crippen molar-refractivity contribution in [2.24, 2.45) is 0 Å². The maximum absolute atomic E-state index is 4.89. The van der Waals surface area contributed by atoms with E-state index in [2.05, 4.69) is 71.1 Å². The molecule has 0 atom stereocenters. The number of benzene rings is 2. The minimum atomic E-state index is 1.02. The van der Waals surface area contributed by atoms with E-state index in [0.717, 1.165) is 11.2 Å². The Kier molecular flexibility index (Phi) is 1.98. The van der Waals surface area contributed by atoms with Gasteiger partial charge in [0.25, 0.3) is 0 Å². The lowest BCUT2D eigenvalue weighted by molar-refractivity contribution is 1.27. The normalized spacial score (nSPS) is 11.8. The lowest BCUT2D eigenvalue weighted by atomic mass is 10.1. The van der Waals surface area contributed by atoms with Gasteiger partial charge in [-0.05, 0) is 36.4 Å². The minimum absolute atomic E-state index is 1.02. The summed E-state index contributed by atoms with van der Waals surface area (Å²) < 4.78 is 2.25. The van der Waals surface area contributed by atoms with Crippen molar-refractivity contribution in [2.75, 3.05) is 0 Å². The Labute approximate surface area is 121 Å². The Morgan fingerprint density at radius 1 is 0.667 bits per heavy atom. The first-order chi connectivity index (χ1) is 10.4. The fourth-order valence-corrected chi connectivity index (χ4v) is 3.13. The van der Waals surface area contributed by atoms with E-state index < -0.39 is 0 Å². The van der Waals surface area contributed by atoms with Crippen molar-refractivity contribution in [3.63, 3.8) is 0 Å². The first-order valence-electron chi connectivity index (χ1n) is 7.09. The van der Waals surface area contributed by atoms with Gasteiger partial charge in [-0.15, -0.1) is 0 Å². The largest absolute Gasteiger partial charge is 0.294 e. The number of hydrogen-bond donors (Lipinski definition) is 0. The fraction of sp³-hybridized carbons (Fsp3) is 0. The molecule has 0 unspecified atom stereocenters. The second-order valence-electron chi connectivity index (χ2n) is 5.39. The molecular formula is C19H12N2. The molecule has 2 aromatic carbocycles. The number of fused-ring (bicyclic) bond motifs is 6. The van der Waals surface area contributed by atoms with Crippen LogP contribution < -0.4 is 0 Å². The van der Waals surface area contributed by atoms with Crippen LogP contribution in [-0.4, -0.2) is 9.38 Å². The molecule has 5 aromatic rings. The Bertz CT molecular complexity index is 1140. The number of rotatable bonds is 0. The Hall–Kier alpha value is -2.87. The predicted octanol–water partition coefficient (Wildman–Crippen LogP) is 4.79. The van der Waals surface area contributed by atoms with Gasteiger partial charge in [0.1, 0.15) is 5.65 Å². The second kappa shape index (κ2) is 3.83. The third-order valence-corrected chi connectivity index (χ3v) is 4.12. The number of nitrogens with zero attached hydrogens (tertiary/aromatic N) is 2. The molecule has 0 saturated heterocycles. The summed E-state index contributed by atoms with van der Waals surface area (Å²) in [5.74, 6) is 0. The number of aromatic nitrogens is 2. The molecule has 98 valence electrons. The molecule has 21 heavy (non-hydrogen) atoms. The van der Waals surface area contributed by atoms with E-state index in [-0.39, 0.29) is 0 Å². The van der Waals surface area contributed by atoms with Crippen molar-refractivity contribution in [1.29, 1.82) is 0 Å². The molecule has 0 fully saturated rings. The number of pyridine rings is 2. The van der Waals surface area contributed by atoms with E-state index >= 15 is 0 Å². The van der Waals surface area contributed by atoms with Crippen LogP contribution in [-0.2, 0) is 0 Å². The van der Waals surface area contributed by atoms with E-state index in [1.807, 2.05) is 6.07 Å².